The molecule has 4 heteroatoms. The van der Waals surface area contributed by atoms with Crippen molar-refractivity contribution in [3.63, 3.8) is 0 Å². The minimum atomic E-state index is -0.821. The van der Waals surface area contributed by atoms with Gasteiger partial charge in [0.05, 0.1) is 6.61 Å². The van der Waals surface area contributed by atoms with E-state index < -0.39 is 11.6 Å². The summed E-state index contributed by atoms with van der Waals surface area (Å²) >= 11 is 0. The molecule has 0 spiro atoms. The molecule has 34 heavy (non-hydrogen) atoms. The average Bonchev–Trinajstić information content (AvgIpc) is 2.86. The number of ether oxygens (including phenoxy) is 1. The molecule has 0 unspecified atom stereocenters. The molecule has 1 aliphatic rings. The molecule has 0 N–H and O–H groups in total. The molecule has 1 aliphatic carbocycles. The number of halogens is 3. The zero-order valence-corrected chi connectivity index (χ0v) is 19.8. The molecule has 4 rings (SSSR count). The summed E-state index contributed by atoms with van der Waals surface area (Å²) in [6.07, 6.45) is 8.06. The fourth-order valence-corrected chi connectivity index (χ4v) is 4.79. The molecule has 0 bridgehead atoms. The Bertz CT molecular complexity index is 1140. The molecular weight excluding hydrogens is 433 g/mol. The van der Waals surface area contributed by atoms with Gasteiger partial charge in [-0.2, -0.15) is 0 Å². The third-order valence-electron chi connectivity index (χ3n) is 6.83. The number of benzene rings is 3. The predicted octanol–water partition coefficient (Wildman–Crippen LogP) is 8.72. The van der Waals surface area contributed by atoms with Gasteiger partial charge in [-0.25, -0.2) is 13.2 Å². The summed E-state index contributed by atoms with van der Waals surface area (Å²) in [6, 6.07) is 15.9. The summed E-state index contributed by atoms with van der Waals surface area (Å²) in [5.74, 6) is -0.858. The quantitative estimate of drug-likeness (QED) is 0.340. The van der Waals surface area contributed by atoms with Crippen molar-refractivity contribution < 1.29 is 17.9 Å². The lowest BCUT2D eigenvalue weighted by Gasteiger charge is -2.27. The van der Waals surface area contributed by atoms with E-state index >= 15 is 0 Å². The number of hydrogen-bond acceptors (Lipinski definition) is 1. The van der Waals surface area contributed by atoms with Gasteiger partial charge in [0.2, 0.25) is 0 Å². The molecule has 1 fully saturated rings. The fourth-order valence-electron chi connectivity index (χ4n) is 4.79. The highest BCUT2D eigenvalue weighted by Crippen LogP contribution is 2.38. The minimum absolute atomic E-state index is 0.174. The van der Waals surface area contributed by atoms with E-state index in [-0.39, 0.29) is 28.8 Å². The predicted molar refractivity (Wildman–Crippen MR) is 132 cm³/mol. The largest absolute Gasteiger partial charge is 0.494 e. The maximum atomic E-state index is 14.8. The van der Waals surface area contributed by atoms with Crippen LogP contribution in [0.4, 0.5) is 13.2 Å². The monoisotopic (exact) mass is 464 g/mol. The normalized spacial score (nSPS) is 18.4. The first kappa shape index (κ1) is 24.1. The topological polar surface area (TPSA) is 9.23 Å². The van der Waals surface area contributed by atoms with Crippen LogP contribution in [0.2, 0.25) is 0 Å². The summed E-state index contributed by atoms with van der Waals surface area (Å²) < 4.78 is 49.5. The van der Waals surface area contributed by atoms with Gasteiger partial charge in [-0.15, -0.1) is 0 Å². The first-order valence-electron chi connectivity index (χ1n) is 12.2. The Morgan fingerprint density at radius 1 is 0.853 bits per heavy atom. The van der Waals surface area contributed by atoms with Crippen molar-refractivity contribution in [1.29, 1.82) is 0 Å². The van der Waals surface area contributed by atoms with Crippen molar-refractivity contribution >= 4 is 6.08 Å². The Hall–Kier alpha value is -3.01. The molecular formula is C30H31F3O. The van der Waals surface area contributed by atoms with Gasteiger partial charge >= 0.3 is 0 Å². The van der Waals surface area contributed by atoms with E-state index in [9.17, 15) is 13.2 Å². The summed E-state index contributed by atoms with van der Waals surface area (Å²) in [5.41, 5.74) is 3.09. The number of hydrogen-bond donors (Lipinski definition) is 0. The highest BCUT2D eigenvalue weighted by Gasteiger charge is 2.23. The van der Waals surface area contributed by atoms with Gasteiger partial charge in [-0.1, -0.05) is 61.5 Å². The maximum Gasteiger partial charge on any atom is 0.167 e. The second-order valence-corrected chi connectivity index (χ2v) is 8.97. The molecule has 3 aromatic carbocycles. The first-order chi connectivity index (χ1) is 16.5. The van der Waals surface area contributed by atoms with E-state index in [2.05, 4.69) is 6.92 Å². The molecule has 3 aromatic rings. The summed E-state index contributed by atoms with van der Waals surface area (Å²) in [7, 11) is 0. The van der Waals surface area contributed by atoms with Crippen molar-refractivity contribution in [1.82, 2.24) is 0 Å². The SMILES string of the molecule is CCOc1ccc(C2CCC(C=Cc3ccc(-c4ccc(CC)cc4)c(F)c3F)CC2)c(F)c1. The van der Waals surface area contributed by atoms with E-state index in [0.717, 1.165) is 43.2 Å². The Labute approximate surface area is 200 Å². The lowest BCUT2D eigenvalue weighted by Crippen LogP contribution is -2.13. The van der Waals surface area contributed by atoms with Gasteiger partial charge in [-0.3, -0.25) is 0 Å². The minimum Gasteiger partial charge on any atom is -0.494 e. The van der Waals surface area contributed by atoms with E-state index in [0.29, 0.717) is 17.9 Å². The van der Waals surface area contributed by atoms with Crippen LogP contribution in [0.25, 0.3) is 17.2 Å². The van der Waals surface area contributed by atoms with E-state index in [1.54, 1.807) is 18.2 Å². The Balaban J connectivity index is 1.40. The highest BCUT2D eigenvalue weighted by atomic mass is 19.2. The Morgan fingerprint density at radius 2 is 1.59 bits per heavy atom. The van der Waals surface area contributed by atoms with E-state index in [4.69, 9.17) is 4.74 Å². The van der Waals surface area contributed by atoms with Gasteiger partial charge in [-0.05, 0) is 73.6 Å². The zero-order valence-electron chi connectivity index (χ0n) is 19.8. The van der Waals surface area contributed by atoms with Crippen molar-refractivity contribution in [2.45, 2.75) is 51.9 Å². The third-order valence-corrected chi connectivity index (χ3v) is 6.83. The van der Waals surface area contributed by atoms with Crippen LogP contribution in [0.1, 0.15) is 62.1 Å². The molecule has 0 radical (unpaired) electrons. The lowest BCUT2D eigenvalue weighted by atomic mass is 9.78. The molecule has 0 saturated heterocycles. The fraction of sp³-hybridized carbons (Fsp3) is 0.333. The zero-order chi connectivity index (χ0) is 24.1. The van der Waals surface area contributed by atoms with Crippen LogP contribution in [0.3, 0.4) is 0 Å². The lowest BCUT2D eigenvalue weighted by molar-refractivity contribution is 0.336. The molecule has 178 valence electrons. The second-order valence-electron chi connectivity index (χ2n) is 8.97. The van der Waals surface area contributed by atoms with Crippen molar-refractivity contribution in [2.24, 2.45) is 5.92 Å². The van der Waals surface area contributed by atoms with Crippen LogP contribution in [-0.4, -0.2) is 6.61 Å². The maximum absolute atomic E-state index is 14.8. The standard InChI is InChI=1S/C30H31F3O/c1-3-20-5-10-23(11-6-20)27-17-15-24(29(32)30(27)33)14-9-21-7-12-22(13-8-21)26-18-16-25(34-4-2)19-28(26)31/h5-6,9-11,14-19,21-22H,3-4,7-8,12-13H2,1-2H3. The smallest absolute Gasteiger partial charge is 0.167 e. The van der Waals surface area contributed by atoms with Crippen LogP contribution >= 0.6 is 0 Å². The van der Waals surface area contributed by atoms with Crippen LogP contribution < -0.4 is 4.74 Å². The molecule has 0 amide bonds. The highest BCUT2D eigenvalue weighted by molar-refractivity contribution is 5.67. The van der Waals surface area contributed by atoms with Crippen molar-refractivity contribution in [3.05, 3.63) is 94.8 Å². The van der Waals surface area contributed by atoms with Gasteiger partial charge < -0.3 is 4.74 Å². The van der Waals surface area contributed by atoms with Gasteiger partial charge in [0, 0.05) is 17.2 Å². The molecule has 1 saturated carbocycles. The molecule has 0 heterocycles. The molecule has 0 aliphatic heterocycles. The third kappa shape index (κ3) is 5.38. The number of rotatable bonds is 7. The van der Waals surface area contributed by atoms with Gasteiger partial charge in [0.25, 0.3) is 0 Å². The first-order valence-corrected chi connectivity index (χ1v) is 12.2. The van der Waals surface area contributed by atoms with Crippen LogP contribution in [-0.2, 0) is 6.42 Å². The molecule has 0 atom stereocenters. The average molecular weight is 465 g/mol. The Kier molecular flexibility index (Phi) is 7.77. The Morgan fingerprint density at radius 3 is 2.24 bits per heavy atom. The molecule has 1 nitrogen and oxygen atoms in total. The van der Waals surface area contributed by atoms with E-state index in [1.165, 1.54) is 6.07 Å². The summed E-state index contributed by atoms with van der Waals surface area (Å²) in [4.78, 5) is 0. The van der Waals surface area contributed by atoms with Crippen LogP contribution in [0.5, 0.6) is 5.75 Å². The van der Waals surface area contributed by atoms with E-state index in [1.807, 2.05) is 49.4 Å². The number of aryl methyl sites for hydroxylation is 1. The van der Waals surface area contributed by atoms with Crippen LogP contribution in [0, 0.1) is 23.4 Å². The van der Waals surface area contributed by atoms with Gasteiger partial charge in [0.15, 0.2) is 11.6 Å². The summed E-state index contributed by atoms with van der Waals surface area (Å²) in [6.45, 7) is 4.44. The summed E-state index contributed by atoms with van der Waals surface area (Å²) in [5, 5.41) is 0. The second kappa shape index (κ2) is 10.9. The number of allylic oxidation sites excluding steroid dienone is 1. The van der Waals surface area contributed by atoms with Gasteiger partial charge in [0.1, 0.15) is 11.6 Å². The van der Waals surface area contributed by atoms with Crippen molar-refractivity contribution in [2.75, 3.05) is 6.61 Å². The van der Waals surface area contributed by atoms with Crippen LogP contribution in [0.15, 0.2) is 60.7 Å². The molecule has 0 aromatic heterocycles. The van der Waals surface area contributed by atoms with Crippen molar-refractivity contribution in [3.8, 4) is 16.9 Å².